The molecule has 0 bridgehead atoms. The van der Waals surface area contributed by atoms with E-state index in [4.69, 9.17) is 15.2 Å². The van der Waals surface area contributed by atoms with Crippen molar-refractivity contribution in [3.05, 3.63) is 68.1 Å². The number of carbonyl (C=O) groups is 1. The van der Waals surface area contributed by atoms with Crippen LogP contribution in [0.4, 0.5) is 8.78 Å². The third kappa shape index (κ3) is 8.55. The van der Waals surface area contributed by atoms with Crippen LogP contribution in [0.5, 0.6) is 0 Å². The van der Waals surface area contributed by atoms with Gasteiger partial charge in [0, 0.05) is 44.9 Å². The minimum Gasteiger partial charge on any atom is -0.370 e. The summed E-state index contributed by atoms with van der Waals surface area (Å²) in [5.41, 5.74) is 7.87. The van der Waals surface area contributed by atoms with E-state index in [1.807, 2.05) is 0 Å². The van der Waals surface area contributed by atoms with E-state index in [1.165, 1.54) is 26.4 Å². The van der Waals surface area contributed by atoms with Gasteiger partial charge in [-0.3, -0.25) is 9.79 Å². The maximum Gasteiger partial charge on any atom is 0.217 e. The molecule has 0 atom stereocenters. The average molecular weight is 594 g/mol. The largest absolute Gasteiger partial charge is 0.370 e. The number of primary amides is 1. The van der Waals surface area contributed by atoms with Gasteiger partial charge in [-0.05, 0) is 74.5 Å². The Hall–Kier alpha value is -1.68. The number of ether oxygens (including phenoxy) is 2. The lowest BCUT2D eigenvalue weighted by molar-refractivity contribution is -0.220. The van der Waals surface area contributed by atoms with Gasteiger partial charge in [0.25, 0.3) is 0 Å². The first kappa shape index (κ1) is 31.3. The van der Waals surface area contributed by atoms with Crippen LogP contribution in [0, 0.1) is 11.6 Å². The Morgan fingerprint density at radius 3 is 2.09 bits per heavy atom. The lowest BCUT2D eigenvalue weighted by Gasteiger charge is -2.31. The molecule has 33 heavy (non-hydrogen) atoms. The Morgan fingerprint density at radius 2 is 1.64 bits per heavy atom. The number of aliphatic imine (C=N–C) groups is 1. The zero-order valence-corrected chi connectivity index (χ0v) is 20.4. The van der Waals surface area contributed by atoms with Gasteiger partial charge in [0.15, 0.2) is 5.79 Å². The van der Waals surface area contributed by atoms with Crippen LogP contribution >= 0.6 is 31.9 Å². The van der Waals surface area contributed by atoms with E-state index in [2.05, 4.69) is 36.9 Å². The second-order valence-corrected chi connectivity index (χ2v) is 8.53. The quantitative estimate of drug-likeness (QED) is 0.361. The molecule has 5 nitrogen and oxygen atoms in total. The van der Waals surface area contributed by atoms with E-state index in [9.17, 15) is 13.6 Å². The van der Waals surface area contributed by atoms with Crippen LogP contribution in [0.3, 0.4) is 0 Å². The van der Waals surface area contributed by atoms with Crippen molar-refractivity contribution in [2.45, 2.75) is 46.3 Å². The maximum atomic E-state index is 13.2. The molecule has 2 aromatic rings. The van der Waals surface area contributed by atoms with Crippen LogP contribution in [0.15, 0.2) is 50.3 Å². The van der Waals surface area contributed by atoms with E-state index >= 15 is 0 Å². The van der Waals surface area contributed by atoms with Crippen molar-refractivity contribution in [2.75, 3.05) is 20.8 Å². The molecule has 1 heterocycles. The summed E-state index contributed by atoms with van der Waals surface area (Å²) in [5.74, 6) is -2.16. The first-order chi connectivity index (χ1) is 14.7. The van der Waals surface area contributed by atoms with Gasteiger partial charge in [0.2, 0.25) is 5.91 Å². The third-order valence-electron chi connectivity index (χ3n) is 4.85. The molecule has 0 saturated heterocycles. The molecule has 0 radical (unpaired) electrons. The van der Waals surface area contributed by atoms with E-state index < -0.39 is 11.7 Å². The Kier molecular flexibility index (Phi) is 13.8. The number of nitrogens with zero attached hydrogens (tertiary/aromatic N) is 1. The standard InChI is InChI=1S/C12H15BrFNO3.C10H9BrFN.2CH4/c1-17-12(18-2,6-5-11(15)16)8-3-4-10(14)9(13)7-8;11-8-6-7(3-4-9(8)12)10-2-1-5-13-10;;/h3-4,7H,5-6H2,1-2H3,(H2,15,16);3-4,6H,1-2,5H2;2*1H4. The number of halogens is 4. The average Bonchev–Trinajstić information content (AvgIpc) is 3.29. The number of benzene rings is 2. The molecule has 0 spiro atoms. The lowest BCUT2D eigenvalue weighted by Crippen LogP contribution is -2.32. The van der Waals surface area contributed by atoms with Gasteiger partial charge in [-0.2, -0.15) is 0 Å². The van der Waals surface area contributed by atoms with E-state index in [1.54, 1.807) is 24.3 Å². The van der Waals surface area contributed by atoms with Crippen LogP contribution < -0.4 is 5.73 Å². The highest BCUT2D eigenvalue weighted by molar-refractivity contribution is 9.10. The predicted octanol–water partition coefficient (Wildman–Crippen LogP) is 6.74. The summed E-state index contributed by atoms with van der Waals surface area (Å²) in [6.07, 6.45) is 2.49. The fraction of sp³-hybridized carbons (Fsp3) is 0.417. The molecule has 0 saturated carbocycles. The summed E-state index contributed by atoms with van der Waals surface area (Å²) in [5, 5.41) is 0. The van der Waals surface area contributed by atoms with Crippen LogP contribution in [-0.2, 0) is 20.1 Å². The molecule has 0 fully saturated rings. The van der Waals surface area contributed by atoms with Crippen molar-refractivity contribution >= 4 is 43.5 Å². The van der Waals surface area contributed by atoms with E-state index in [0.29, 0.717) is 14.5 Å². The molecule has 0 aliphatic carbocycles. The minimum absolute atomic E-state index is 0. The molecule has 0 aromatic heterocycles. The molecule has 1 aliphatic heterocycles. The van der Waals surface area contributed by atoms with Crippen molar-refractivity contribution in [1.29, 1.82) is 0 Å². The second kappa shape index (κ2) is 14.6. The summed E-state index contributed by atoms with van der Waals surface area (Å²) in [7, 11) is 2.92. The Bertz CT molecular complexity index is 951. The highest BCUT2D eigenvalue weighted by atomic mass is 79.9. The summed E-state index contributed by atoms with van der Waals surface area (Å²) in [6.45, 7) is 0.907. The van der Waals surface area contributed by atoms with E-state index in [0.717, 1.165) is 30.7 Å². The van der Waals surface area contributed by atoms with Gasteiger partial charge >= 0.3 is 0 Å². The topological polar surface area (TPSA) is 73.9 Å². The van der Waals surface area contributed by atoms with E-state index in [-0.39, 0.29) is 39.3 Å². The molecule has 2 aromatic carbocycles. The zero-order valence-electron chi connectivity index (χ0n) is 17.3. The first-order valence-electron chi connectivity index (χ1n) is 9.55. The Morgan fingerprint density at radius 1 is 1.06 bits per heavy atom. The first-order valence-corrected chi connectivity index (χ1v) is 11.1. The third-order valence-corrected chi connectivity index (χ3v) is 6.06. The highest BCUT2D eigenvalue weighted by Gasteiger charge is 2.32. The fourth-order valence-corrected chi connectivity index (χ4v) is 3.90. The minimum atomic E-state index is -1.11. The van der Waals surface area contributed by atoms with Crippen molar-refractivity contribution in [2.24, 2.45) is 10.7 Å². The van der Waals surface area contributed by atoms with Gasteiger partial charge in [-0.1, -0.05) is 27.0 Å². The van der Waals surface area contributed by atoms with Gasteiger partial charge in [-0.15, -0.1) is 0 Å². The Labute approximate surface area is 212 Å². The second-order valence-electron chi connectivity index (χ2n) is 6.82. The van der Waals surface area contributed by atoms with Gasteiger partial charge < -0.3 is 15.2 Å². The van der Waals surface area contributed by atoms with Crippen molar-refractivity contribution in [1.82, 2.24) is 0 Å². The highest BCUT2D eigenvalue weighted by Crippen LogP contribution is 2.33. The molecule has 2 N–H and O–H groups in total. The molecule has 1 aliphatic rings. The molecule has 9 heteroatoms. The smallest absolute Gasteiger partial charge is 0.217 e. The normalized spacial score (nSPS) is 12.6. The van der Waals surface area contributed by atoms with Crippen LogP contribution in [0.25, 0.3) is 0 Å². The predicted molar refractivity (Wildman–Crippen MR) is 136 cm³/mol. The fourth-order valence-electron chi connectivity index (χ4n) is 3.14. The lowest BCUT2D eigenvalue weighted by atomic mass is 10.00. The number of carbonyl (C=O) groups excluding carboxylic acids is 1. The molecular weight excluding hydrogens is 562 g/mol. The van der Waals surface area contributed by atoms with Crippen LogP contribution in [0.2, 0.25) is 0 Å². The van der Waals surface area contributed by atoms with Crippen LogP contribution in [0.1, 0.15) is 51.7 Å². The summed E-state index contributed by atoms with van der Waals surface area (Å²) in [6, 6.07) is 9.46. The zero-order chi connectivity index (χ0) is 23.0. The number of nitrogens with two attached hydrogens (primary N) is 1. The number of methoxy groups -OCH3 is 2. The molecule has 3 rings (SSSR count). The summed E-state index contributed by atoms with van der Waals surface area (Å²) >= 11 is 6.26. The number of amides is 1. The van der Waals surface area contributed by atoms with Crippen molar-refractivity contribution < 1.29 is 23.0 Å². The van der Waals surface area contributed by atoms with Crippen LogP contribution in [-0.4, -0.2) is 32.4 Å². The number of rotatable bonds is 7. The number of hydrogen-bond donors (Lipinski definition) is 1. The summed E-state index contributed by atoms with van der Waals surface area (Å²) < 4.78 is 37.6. The van der Waals surface area contributed by atoms with Gasteiger partial charge in [0.05, 0.1) is 8.95 Å². The monoisotopic (exact) mass is 592 g/mol. The number of hydrogen-bond acceptors (Lipinski definition) is 4. The van der Waals surface area contributed by atoms with Gasteiger partial charge in [-0.25, -0.2) is 8.78 Å². The molecule has 0 unspecified atom stereocenters. The van der Waals surface area contributed by atoms with Crippen molar-refractivity contribution in [3.63, 3.8) is 0 Å². The molecular formula is C24H32Br2F2N2O3. The van der Waals surface area contributed by atoms with Crippen molar-refractivity contribution in [3.8, 4) is 0 Å². The SMILES string of the molecule is C.C.COC(CCC(N)=O)(OC)c1ccc(F)c(Br)c1.Fc1ccc(C2=NCCC2)cc1Br. The molecule has 1 amide bonds. The molecule has 184 valence electrons. The maximum absolute atomic E-state index is 13.2. The van der Waals surface area contributed by atoms with Gasteiger partial charge in [0.1, 0.15) is 11.6 Å². The Balaban J connectivity index is 0.000000608. The summed E-state index contributed by atoms with van der Waals surface area (Å²) in [4.78, 5) is 15.2.